The molecule has 0 saturated carbocycles. The van der Waals surface area contributed by atoms with E-state index in [-0.39, 0.29) is 18.6 Å². The molecule has 8 nitrogen and oxygen atoms in total. The molecule has 0 aliphatic heterocycles. The highest BCUT2D eigenvalue weighted by atomic mass is 32.1. The molecular weight excluding hydrogens is 390 g/mol. The van der Waals surface area contributed by atoms with Gasteiger partial charge in [-0.2, -0.15) is 0 Å². The SMILES string of the molecule is COc1cc2ncccc2cc1NC(=O)c1csc2cnc(NC(C)CO)nc12. The third-order valence-electron chi connectivity index (χ3n) is 4.38. The Hall–Kier alpha value is -3.30. The average molecular weight is 409 g/mol. The van der Waals surface area contributed by atoms with E-state index in [0.717, 1.165) is 15.6 Å². The number of carbonyl (C=O) groups is 1. The number of anilines is 2. The topological polar surface area (TPSA) is 109 Å². The second kappa shape index (κ2) is 7.98. The molecule has 0 saturated heterocycles. The van der Waals surface area contributed by atoms with E-state index in [9.17, 15) is 9.90 Å². The molecular formula is C20H19N5O3S. The number of hydrogen-bond acceptors (Lipinski definition) is 8. The lowest BCUT2D eigenvalue weighted by Crippen LogP contribution is -2.21. The predicted molar refractivity (Wildman–Crippen MR) is 114 cm³/mol. The lowest BCUT2D eigenvalue weighted by molar-refractivity contribution is 0.102. The van der Waals surface area contributed by atoms with Crippen LogP contribution in [0.25, 0.3) is 21.1 Å². The molecule has 1 aromatic carbocycles. The van der Waals surface area contributed by atoms with Gasteiger partial charge in [-0.25, -0.2) is 9.97 Å². The molecule has 1 unspecified atom stereocenters. The number of pyridine rings is 1. The maximum absolute atomic E-state index is 13.0. The molecule has 0 aliphatic carbocycles. The van der Waals surface area contributed by atoms with Gasteiger partial charge in [-0.15, -0.1) is 11.3 Å². The van der Waals surface area contributed by atoms with Crippen molar-refractivity contribution in [3.63, 3.8) is 0 Å². The molecule has 4 rings (SSSR count). The molecule has 29 heavy (non-hydrogen) atoms. The van der Waals surface area contributed by atoms with Gasteiger partial charge in [0, 0.05) is 29.1 Å². The third-order valence-corrected chi connectivity index (χ3v) is 5.29. The van der Waals surface area contributed by atoms with E-state index < -0.39 is 0 Å². The fourth-order valence-corrected chi connectivity index (χ4v) is 3.73. The average Bonchev–Trinajstić information content (AvgIpc) is 3.16. The summed E-state index contributed by atoms with van der Waals surface area (Å²) >= 11 is 1.39. The molecule has 0 bridgehead atoms. The maximum atomic E-state index is 13.0. The van der Waals surface area contributed by atoms with Gasteiger partial charge in [-0.3, -0.25) is 9.78 Å². The number of aliphatic hydroxyl groups is 1. The molecule has 3 heterocycles. The number of rotatable bonds is 6. The van der Waals surface area contributed by atoms with Crippen LogP contribution in [0, 0.1) is 0 Å². The Morgan fingerprint density at radius 2 is 2.21 bits per heavy atom. The number of aliphatic hydroxyl groups excluding tert-OH is 1. The fourth-order valence-electron chi connectivity index (χ4n) is 2.88. The van der Waals surface area contributed by atoms with Crippen LogP contribution < -0.4 is 15.4 Å². The second-order valence-electron chi connectivity index (χ2n) is 6.49. The zero-order valence-corrected chi connectivity index (χ0v) is 16.7. The van der Waals surface area contributed by atoms with E-state index in [1.807, 2.05) is 25.1 Å². The normalized spacial score (nSPS) is 12.1. The van der Waals surface area contributed by atoms with E-state index in [4.69, 9.17) is 4.74 Å². The number of benzene rings is 1. The summed E-state index contributed by atoms with van der Waals surface area (Å²) in [6.07, 6.45) is 3.37. The Morgan fingerprint density at radius 1 is 1.34 bits per heavy atom. The van der Waals surface area contributed by atoms with Crippen molar-refractivity contribution >= 4 is 50.0 Å². The highest BCUT2D eigenvalue weighted by molar-refractivity contribution is 7.17. The summed E-state index contributed by atoms with van der Waals surface area (Å²) in [5.74, 6) is 0.594. The van der Waals surface area contributed by atoms with Gasteiger partial charge in [0.2, 0.25) is 5.95 Å². The van der Waals surface area contributed by atoms with Crippen molar-refractivity contribution in [2.24, 2.45) is 0 Å². The molecule has 1 amide bonds. The third kappa shape index (κ3) is 3.82. The number of ether oxygens (including phenoxy) is 1. The Morgan fingerprint density at radius 3 is 3.00 bits per heavy atom. The molecule has 3 N–H and O–H groups in total. The first-order chi connectivity index (χ1) is 14.1. The van der Waals surface area contributed by atoms with Gasteiger partial charge in [0.25, 0.3) is 5.91 Å². The second-order valence-corrected chi connectivity index (χ2v) is 7.40. The van der Waals surface area contributed by atoms with E-state index >= 15 is 0 Å². The summed E-state index contributed by atoms with van der Waals surface area (Å²) < 4.78 is 6.22. The van der Waals surface area contributed by atoms with Crippen LogP contribution in [0.1, 0.15) is 17.3 Å². The van der Waals surface area contributed by atoms with Crippen molar-refractivity contribution < 1.29 is 14.6 Å². The number of hydrogen-bond donors (Lipinski definition) is 3. The minimum absolute atomic E-state index is 0.0466. The molecule has 3 aromatic heterocycles. The van der Waals surface area contributed by atoms with Crippen LogP contribution in [-0.4, -0.2) is 45.7 Å². The van der Waals surface area contributed by atoms with Crippen LogP contribution in [-0.2, 0) is 0 Å². The molecule has 0 radical (unpaired) electrons. The van der Waals surface area contributed by atoms with Crippen molar-refractivity contribution in [3.05, 3.63) is 47.6 Å². The van der Waals surface area contributed by atoms with Gasteiger partial charge < -0.3 is 20.5 Å². The lowest BCUT2D eigenvalue weighted by atomic mass is 10.1. The van der Waals surface area contributed by atoms with Gasteiger partial charge in [0.15, 0.2) is 0 Å². The Labute approximate surface area is 170 Å². The Balaban J connectivity index is 1.67. The highest BCUT2D eigenvalue weighted by Gasteiger charge is 2.17. The van der Waals surface area contributed by atoms with Crippen molar-refractivity contribution in [2.75, 3.05) is 24.4 Å². The summed E-state index contributed by atoms with van der Waals surface area (Å²) in [5, 5.41) is 17.8. The number of methoxy groups -OCH3 is 1. The number of amides is 1. The fraction of sp³-hybridized carbons (Fsp3) is 0.200. The molecule has 1 atom stereocenters. The quantitative estimate of drug-likeness (QED) is 0.448. The van der Waals surface area contributed by atoms with Gasteiger partial charge in [0.05, 0.1) is 46.9 Å². The first-order valence-electron chi connectivity index (χ1n) is 8.95. The minimum atomic E-state index is -0.294. The molecule has 0 fully saturated rings. The van der Waals surface area contributed by atoms with Crippen molar-refractivity contribution in [1.82, 2.24) is 15.0 Å². The zero-order valence-electron chi connectivity index (χ0n) is 15.8. The summed E-state index contributed by atoms with van der Waals surface area (Å²) in [5.41, 5.74) is 2.33. The largest absolute Gasteiger partial charge is 0.494 e. The standard InChI is InChI=1S/C20H19N5O3S/c1-11(9-26)23-20-22-8-17-18(25-20)13(10-29-17)19(27)24-15-6-12-4-3-5-21-14(12)7-16(15)28-2/h3-8,10-11,26H,9H2,1-2H3,(H,24,27)(H,22,23,25). The van der Waals surface area contributed by atoms with E-state index in [0.29, 0.717) is 28.5 Å². The van der Waals surface area contributed by atoms with Gasteiger partial charge >= 0.3 is 0 Å². The van der Waals surface area contributed by atoms with Crippen LogP contribution in [0.4, 0.5) is 11.6 Å². The van der Waals surface area contributed by atoms with Gasteiger partial charge in [-0.05, 0) is 19.1 Å². The smallest absolute Gasteiger partial charge is 0.258 e. The maximum Gasteiger partial charge on any atom is 0.258 e. The molecule has 9 heteroatoms. The predicted octanol–water partition coefficient (Wildman–Crippen LogP) is 3.29. The number of nitrogens with one attached hydrogen (secondary N) is 2. The van der Waals surface area contributed by atoms with Crippen molar-refractivity contribution in [3.8, 4) is 5.75 Å². The van der Waals surface area contributed by atoms with Crippen LogP contribution in [0.15, 0.2) is 42.0 Å². The van der Waals surface area contributed by atoms with Crippen molar-refractivity contribution in [1.29, 1.82) is 0 Å². The zero-order chi connectivity index (χ0) is 20.4. The van der Waals surface area contributed by atoms with Gasteiger partial charge in [0.1, 0.15) is 5.75 Å². The molecule has 4 aromatic rings. The number of fused-ring (bicyclic) bond motifs is 2. The number of nitrogens with zero attached hydrogens (tertiary/aromatic N) is 3. The van der Waals surface area contributed by atoms with E-state index in [2.05, 4.69) is 25.6 Å². The molecule has 0 spiro atoms. The number of carbonyl (C=O) groups excluding carboxylic acids is 1. The highest BCUT2D eigenvalue weighted by Crippen LogP contribution is 2.31. The van der Waals surface area contributed by atoms with E-state index in [1.54, 1.807) is 30.9 Å². The van der Waals surface area contributed by atoms with Crippen LogP contribution >= 0.6 is 11.3 Å². The summed E-state index contributed by atoms with van der Waals surface area (Å²) in [7, 11) is 1.55. The first kappa shape index (κ1) is 19.0. The van der Waals surface area contributed by atoms with Crippen molar-refractivity contribution in [2.45, 2.75) is 13.0 Å². The van der Waals surface area contributed by atoms with E-state index in [1.165, 1.54) is 11.3 Å². The Bertz CT molecular complexity index is 1190. The summed E-state index contributed by atoms with van der Waals surface area (Å²) in [6, 6.07) is 7.19. The molecule has 148 valence electrons. The monoisotopic (exact) mass is 409 g/mol. The first-order valence-corrected chi connectivity index (χ1v) is 9.82. The summed E-state index contributed by atoms with van der Waals surface area (Å²) in [6.45, 7) is 1.77. The molecule has 0 aliphatic rings. The van der Waals surface area contributed by atoms with Crippen LogP contribution in [0.3, 0.4) is 0 Å². The van der Waals surface area contributed by atoms with Gasteiger partial charge in [-0.1, -0.05) is 6.07 Å². The summed E-state index contributed by atoms with van der Waals surface area (Å²) in [4.78, 5) is 26.0. The minimum Gasteiger partial charge on any atom is -0.494 e. The number of thiophene rings is 1. The Kier molecular flexibility index (Phi) is 5.24. The van der Waals surface area contributed by atoms with Crippen LogP contribution in [0.5, 0.6) is 5.75 Å². The number of aromatic nitrogens is 3. The lowest BCUT2D eigenvalue weighted by Gasteiger charge is -2.12. The van der Waals surface area contributed by atoms with Crippen LogP contribution in [0.2, 0.25) is 0 Å².